The van der Waals surface area contributed by atoms with Crippen molar-refractivity contribution in [1.29, 1.82) is 0 Å². The minimum atomic E-state index is -4.84. The fourth-order valence-electron chi connectivity index (χ4n) is 3.05. The summed E-state index contributed by atoms with van der Waals surface area (Å²) in [4.78, 5) is 12.8. The summed E-state index contributed by atoms with van der Waals surface area (Å²) in [6.07, 6.45) is -2.53. The molecule has 1 unspecified atom stereocenters. The zero-order valence-corrected chi connectivity index (χ0v) is 12.8. The Hall–Kier alpha value is -1.60. The van der Waals surface area contributed by atoms with Crippen LogP contribution in [0.4, 0.5) is 13.2 Å². The average molecular weight is 330 g/mol. The highest BCUT2D eigenvalue weighted by molar-refractivity contribution is 5.81. The molecular formula is C16H21F3N2O2. The van der Waals surface area contributed by atoms with Gasteiger partial charge in [-0.1, -0.05) is 24.3 Å². The van der Waals surface area contributed by atoms with Crippen LogP contribution in [0.1, 0.15) is 30.0 Å². The molecule has 0 heterocycles. The second kappa shape index (κ2) is 7.79. The fraction of sp³-hybridized carbons (Fsp3) is 0.562. The van der Waals surface area contributed by atoms with E-state index in [9.17, 15) is 23.1 Å². The minimum absolute atomic E-state index is 0.00637. The second-order valence-electron chi connectivity index (χ2n) is 5.62. The predicted molar refractivity (Wildman–Crippen MR) is 79.8 cm³/mol. The van der Waals surface area contributed by atoms with E-state index < -0.39 is 12.1 Å². The molecule has 23 heavy (non-hydrogen) atoms. The molecule has 0 saturated carbocycles. The normalized spacial score (nSPS) is 17.3. The molecule has 2 N–H and O–H groups in total. The lowest BCUT2D eigenvalue weighted by Gasteiger charge is -2.29. The van der Waals surface area contributed by atoms with Crippen LogP contribution in [-0.2, 0) is 11.2 Å². The second-order valence-corrected chi connectivity index (χ2v) is 5.62. The molecule has 1 aliphatic carbocycles. The molecule has 7 heteroatoms. The number of rotatable bonds is 7. The summed E-state index contributed by atoms with van der Waals surface area (Å²) in [7, 11) is 0. The van der Waals surface area contributed by atoms with Gasteiger partial charge in [0, 0.05) is 25.7 Å². The van der Waals surface area contributed by atoms with Crippen LogP contribution < -0.4 is 5.32 Å². The average Bonchev–Trinajstić information content (AvgIpc) is 2.93. The van der Waals surface area contributed by atoms with E-state index in [0.717, 1.165) is 12.8 Å². The van der Waals surface area contributed by atoms with Crippen molar-refractivity contribution in [3.05, 3.63) is 35.4 Å². The van der Waals surface area contributed by atoms with Crippen molar-refractivity contribution in [2.75, 3.05) is 26.2 Å². The predicted octanol–water partition coefficient (Wildman–Crippen LogP) is 2.04. The summed E-state index contributed by atoms with van der Waals surface area (Å²) >= 11 is 0. The number of alkyl halides is 3. The van der Waals surface area contributed by atoms with Crippen LogP contribution >= 0.6 is 0 Å². The number of amides is 1. The van der Waals surface area contributed by atoms with Crippen LogP contribution in [0.2, 0.25) is 0 Å². The number of hydrogen-bond acceptors (Lipinski definition) is 3. The van der Waals surface area contributed by atoms with Crippen molar-refractivity contribution in [1.82, 2.24) is 10.2 Å². The van der Waals surface area contributed by atoms with Crippen LogP contribution in [0, 0.1) is 0 Å². The molecular weight excluding hydrogens is 309 g/mol. The summed E-state index contributed by atoms with van der Waals surface area (Å²) in [6, 6.07) is 8.28. The Morgan fingerprint density at radius 2 is 2.04 bits per heavy atom. The lowest BCUT2D eigenvalue weighted by atomic mass is 10.1. The number of fused-ring (bicyclic) bond motifs is 1. The van der Waals surface area contributed by atoms with Crippen LogP contribution in [0.5, 0.6) is 0 Å². The van der Waals surface area contributed by atoms with Gasteiger partial charge in [0.25, 0.3) is 0 Å². The molecule has 0 radical (unpaired) electrons. The molecule has 1 atom stereocenters. The number of carbonyl (C=O) groups is 1. The number of halogens is 3. The SMILES string of the molecule is O=C(NCCCN(CCO)C1CCc2ccccc21)C(F)(F)F. The van der Waals surface area contributed by atoms with E-state index in [1.54, 1.807) is 0 Å². The molecule has 0 bridgehead atoms. The molecule has 2 rings (SSSR count). The first-order valence-electron chi connectivity index (χ1n) is 7.71. The van der Waals surface area contributed by atoms with Gasteiger partial charge in [-0.3, -0.25) is 9.69 Å². The lowest BCUT2D eigenvalue weighted by molar-refractivity contribution is -0.173. The molecule has 128 valence electrons. The number of aryl methyl sites for hydroxylation is 1. The summed E-state index contributed by atoms with van der Waals surface area (Å²) in [6.45, 7) is 0.951. The van der Waals surface area contributed by atoms with Crippen molar-refractivity contribution in [2.45, 2.75) is 31.5 Å². The number of benzene rings is 1. The Labute approximate surface area is 133 Å². The molecule has 0 aromatic heterocycles. The van der Waals surface area contributed by atoms with E-state index in [1.807, 2.05) is 17.4 Å². The highest BCUT2D eigenvalue weighted by Gasteiger charge is 2.38. The van der Waals surface area contributed by atoms with Crippen molar-refractivity contribution in [2.24, 2.45) is 0 Å². The Balaban J connectivity index is 1.87. The van der Waals surface area contributed by atoms with Crippen molar-refractivity contribution >= 4 is 5.91 Å². The Morgan fingerprint density at radius 1 is 1.30 bits per heavy atom. The van der Waals surface area contributed by atoms with Gasteiger partial charge in [-0.2, -0.15) is 13.2 Å². The summed E-state index contributed by atoms with van der Waals surface area (Å²) in [5, 5.41) is 11.1. The van der Waals surface area contributed by atoms with E-state index in [0.29, 0.717) is 19.5 Å². The van der Waals surface area contributed by atoms with Crippen molar-refractivity contribution in [3.63, 3.8) is 0 Å². The lowest BCUT2D eigenvalue weighted by Crippen LogP contribution is -2.39. The van der Waals surface area contributed by atoms with E-state index >= 15 is 0 Å². The van der Waals surface area contributed by atoms with E-state index in [2.05, 4.69) is 17.0 Å². The first-order valence-corrected chi connectivity index (χ1v) is 7.71. The smallest absolute Gasteiger partial charge is 0.395 e. The van der Waals surface area contributed by atoms with Gasteiger partial charge in [0.2, 0.25) is 0 Å². The van der Waals surface area contributed by atoms with Crippen molar-refractivity contribution < 1.29 is 23.1 Å². The summed E-state index contributed by atoms with van der Waals surface area (Å²) < 4.78 is 36.3. The van der Waals surface area contributed by atoms with Gasteiger partial charge in [-0.15, -0.1) is 0 Å². The number of hydrogen-bond donors (Lipinski definition) is 2. The maximum absolute atomic E-state index is 12.1. The number of nitrogens with one attached hydrogen (secondary N) is 1. The summed E-state index contributed by atoms with van der Waals surface area (Å²) in [5.74, 6) is -1.91. The topological polar surface area (TPSA) is 52.6 Å². The fourth-order valence-corrected chi connectivity index (χ4v) is 3.05. The maximum atomic E-state index is 12.1. The van der Waals surface area contributed by atoms with Gasteiger partial charge in [0.15, 0.2) is 0 Å². The third kappa shape index (κ3) is 4.68. The minimum Gasteiger partial charge on any atom is -0.395 e. The van der Waals surface area contributed by atoms with E-state index in [-0.39, 0.29) is 19.2 Å². The van der Waals surface area contributed by atoms with Gasteiger partial charge in [0.1, 0.15) is 0 Å². The standard InChI is InChI=1S/C16H21F3N2O2/c17-16(18,19)15(23)20-8-3-9-21(10-11-22)14-7-6-12-4-1-2-5-13(12)14/h1-2,4-5,14,22H,3,6-11H2,(H,20,23). The molecule has 0 fully saturated rings. The molecule has 4 nitrogen and oxygen atoms in total. The van der Waals surface area contributed by atoms with Gasteiger partial charge in [-0.05, 0) is 30.4 Å². The monoisotopic (exact) mass is 330 g/mol. The third-order valence-corrected chi connectivity index (χ3v) is 4.09. The molecule has 1 aliphatic rings. The molecule has 1 aromatic rings. The zero-order valence-electron chi connectivity index (χ0n) is 12.8. The largest absolute Gasteiger partial charge is 0.471 e. The third-order valence-electron chi connectivity index (χ3n) is 4.09. The van der Waals surface area contributed by atoms with Crippen LogP contribution in [0.15, 0.2) is 24.3 Å². The Morgan fingerprint density at radius 3 is 2.74 bits per heavy atom. The van der Waals surface area contributed by atoms with Gasteiger partial charge in [-0.25, -0.2) is 0 Å². The molecule has 0 spiro atoms. The quantitative estimate of drug-likeness (QED) is 0.752. The van der Waals surface area contributed by atoms with Crippen LogP contribution in [0.3, 0.4) is 0 Å². The molecule has 1 aromatic carbocycles. The number of nitrogens with zero attached hydrogens (tertiary/aromatic N) is 1. The van der Waals surface area contributed by atoms with Crippen LogP contribution in [0.25, 0.3) is 0 Å². The Kier molecular flexibility index (Phi) is 6.01. The van der Waals surface area contributed by atoms with E-state index in [4.69, 9.17) is 0 Å². The maximum Gasteiger partial charge on any atom is 0.471 e. The first-order chi connectivity index (χ1) is 10.9. The zero-order chi connectivity index (χ0) is 16.9. The number of aliphatic hydroxyl groups excluding tert-OH is 1. The summed E-state index contributed by atoms with van der Waals surface area (Å²) in [5.41, 5.74) is 2.51. The van der Waals surface area contributed by atoms with Crippen molar-refractivity contribution in [3.8, 4) is 0 Å². The van der Waals surface area contributed by atoms with E-state index in [1.165, 1.54) is 11.1 Å². The molecule has 0 aliphatic heterocycles. The number of aliphatic hydroxyl groups is 1. The highest BCUT2D eigenvalue weighted by Crippen LogP contribution is 2.35. The number of carbonyl (C=O) groups excluding carboxylic acids is 1. The van der Waals surface area contributed by atoms with Gasteiger partial charge >= 0.3 is 12.1 Å². The molecule has 0 saturated heterocycles. The first kappa shape index (κ1) is 17.7. The van der Waals surface area contributed by atoms with Gasteiger partial charge in [0.05, 0.1) is 6.61 Å². The molecule has 1 amide bonds. The van der Waals surface area contributed by atoms with Gasteiger partial charge < -0.3 is 10.4 Å². The van der Waals surface area contributed by atoms with Crippen LogP contribution in [-0.4, -0.2) is 48.3 Å². The Bertz CT molecular complexity index is 534. The highest BCUT2D eigenvalue weighted by atomic mass is 19.4.